The Kier molecular flexibility index (Phi) is 6.01. The van der Waals surface area contributed by atoms with E-state index in [1.54, 1.807) is 6.07 Å². The number of fused-ring (bicyclic) bond motifs is 1. The standard InChI is InChI=1S/C29H26ClNO3/c1-20-16-27-24(18-25(20)30)26(32)19-29(34-27)12-14-31(15-13-29)28(33)23(22-10-6-3-7-11-22)17-21-8-4-2-5-9-21/h2-11,16-18H,12-15,19H2,1H3/b23-17-. The topological polar surface area (TPSA) is 46.6 Å². The van der Waals surface area contributed by atoms with E-state index < -0.39 is 5.60 Å². The minimum Gasteiger partial charge on any atom is -0.486 e. The molecule has 2 aliphatic rings. The normalized spacial score (nSPS) is 17.3. The number of benzene rings is 3. The third-order valence-electron chi connectivity index (χ3n) is 6.76. The van der Waals surface area contributed by atoms with Crippen LogP contribution in [0.15, 0.2) is 72.8 Å². The number of hydrogen-bond donors (Lipinski definition) is 0. The first-order valence-corrected chi connectivity index (χ1v) is 12.0. The van der Waals surface area contributed by atoms with Crippen LogP contribution < -0.4 is 4.74 Å². The summed E-state index contributed by atoms with van der Waals surface area (Å²) in [5.41, 5.74) is 3.40. The van der Waals surface area contributed by atoms with Crippen LogP contribution in [0, 0.1) is 6.92 Å². The van der Waals surface area contributed by atoms with Gasteiger partial charge in [0.25, 0.3) is 5.91 Å². The van der Waals surface area contributed by atoms with Gasteiger partial charge in [0.2, 0.25) is 0 Å². The Morgan fingerprint density at radius 3 is 2.32 bits per heavy atom. The van der Waals surface area contributed by atoms with Crippen molar-refractivity contribution in [2.24, 2.45) is 0 Å². The summed E-state index contributed by atoms with van der Waals surface area (Å²) in [7, 11) is 0. The molecule has 0 atom stereocenters. The zero-order chi connectivity index (χ0) is 23.7. The first kappa shape index (κ1) is 22.4. The third kappa shape index (κ3) is 4.38. The van der Waals surface area contributed by atoms with Crippen LogP contribution in [0.1, 0.15) is 46.3 Å². The smallest absolute Gasteiger partial charge is 0.254 e. The second-order valence-corrected chi connectivity index (χ2v) is 9.52. The molecule has 1 saturated heterocycles. The van der Waals surface area contributed by atoms with Crippen molar-refractivity contribution in [3.05, 3.63) is 100 Å². The third-order valence-corrected chi connectivity index (χ3v) is 7.17. The highest BCUT2D eigenvalue weighted by Crippen LogP contribution is 2.41. The number of amides is 1. The van der Waals surface area contributed by atoms with Gasteiger partial charge in [0.1, 0.15) is 11.4 Å². The highest BCUT2D eigenvalue weighted by atomic mass is 35.5. The van der Waals surface area contributed by atoms with E-state index in [9.17, 15) is 9.59 Å². The largest absolute Gasteiger partial charge is 0.486 e. The van der Waals surface area contributed by atoms with Crippen molar-refractivity contribution in [1.82, 2.24) is 4.90 Å². The van der Waals surface area contributed by atoms with Crippen LogP contribution >= 0.6 is 11.6 Å². The van der Waals surface area contributed by atoms with Crippen molar-refractivity contribution in [3.63, 3.8) is 0 Å². The molecule has 0 radical (unpaired) electrons. The summed E-state index contributed by atoms with van der Waals surface area (Å²) in [5, 5.41) is 0.575. The Hall–Kier alpha value is -3.37. The maximum atomic E-state index is 13.7. The summed E-state index contributed by atoms with van der Waals surface area (Å²) in [6.07, 6.45) is 3.48. The maximum absolute atomic E-state index is 13.7. The number of nitrogens with zero attached hydrogens (tertiary/aromatic N) is 1. The highest BCUT2D eigenvalue weighted by molar-refractivity contribution is 6.32. The fourth-order valence-corrected chi connectivity index (χ4v) is 4.95. The number of piperidine rings is 1. The molecule has 5 rings (SSSR count). The average Bonchev–Trinajstić information content (AvgIpc) is 2.85. The summed E-state index contributed by atoms with van der Waals surface area (Å²) < 4.78 is 6.40. The summed E-state index contributed by atoms with van der Waals surface area (Å²) in [4.78, 5) is 28.4. The monoisotopic (exact) mass is 471 g/mol. The van der Waals surface area contributed by atoms with Crippen LogP contribution in [0.3, 0.4) is 0 Å². The van der Waals surface area contributed by atoms with Gasteiger partial charge in [-0.15, -0.1) is 0 Å². The Labute approximate surface area is 204 Å². The number of hydrogen-bond acceptors (Lipinski definition) is 3. The molecule has 1 amide bonds. The predicted molar refractivity (Wildman–Crippen MR) is 135 cm³/mol. The zero-order valence-corrected chi connectivity index (χ0v) is 19.8. The number of rotatable bonds is 3. The molecule has 0 unspecified atom stereocenters. The van der Waals surface area contributed by atoms with Crippen molar-refractivity contribution < 1.29 is 14.3 Å². The number of Topliss-reactive ketones (excluding diaryl/α,β-unsaturated/α-hetero) is 1. The van der Waals surface area contributed by atoms with Crippen molar-refractivity contribution in [1.29, 1.82) is 0 Å². The van der Waals surface area contributed by atoms with E-state index in [1.807, 2.05) is 84.6 Å². The van der Waals surface area contributed by atoms with Crippen molar-refractivity contribution in [2.75, 3.05) is 13.1 Å². The van der Waals surface area contributed by atoms with E-state index in [4.69, 9.17) is 16.3 Å². The van der Waals surface area contributed by atoms with Gasteiger partial charge in [-0.05, 0) is 41.8 Å². The molecular weight excluding hydrogens is 446 g/mol. The minimum atomic E-state index is -0.572. The minimum absolute atomic E-state index is 0.00457. The number of halogens is 1. The first-order chi connectivity index (χ1) is 16.4. The quantitative estimate of drug-likeness (QED) is 0.336. The molecule has 1 spiro atoms. The molecule has 34 heavy (non-hydrogen) atoms. The van der Waals surface area contributed by atoms with Crippen molar-refractivity contribution >= 4 is 34.9 Å². The lowest BCUT2D eigenvalue weighted by Crippen LogP contribution is -2.52. The Balaban J connectivity index is 1.37. The number of likely N-dealkylation sites (tertiary alicyclic amines) is 1. The molecule has 3 aromatic rings. The second kappa shape index (κ2) is 9.11. The van der Waals surface area contributed by atoms with E-state index in [2.05, 4.69) is 0 Å². The zero-order valence-electron chi connectivity index (χ0n) is 19.1. The van der Waals surface area contributed by atoms with Crippen molar-refractivity contribution in [3.8, 4) is 5.75 Å². The molecule has 1 fully saturated rings. The van der Waals surface area contributed by atoms with E-state index in [1.165, 1.54) is 0 Å². The fraction of sp³-hybridized carbons (Fsp3) is 0.241. The van der Waals surface area contributed by atoms with Gasteiger partial charge in [-0.25, -0.2) is 0 Å². The molecule has 0 aromatic heterocycles. The second-order valence-electron chi connectivity index (χ2n) is 9.11. The Morgan fingerprint density at radius 1 is 1.00 bits per heavy atom. The number of carbonyl (C=O) groups excluding carboxylic acids is 2. The number of ketones is 1. The molecule has 2 aliphatic heterocycles. The van der Waals surface area contributed by atoms with Gasteiger partial charge in [0, 0.05) is 36.5 Å². The molecule has 2 heterocycles. The average molecular weight is 472 g/mol. The number of carbonyl (C=O) groups is 2. The van der Waals surface area contributed by atoms with Gasteiger partial charge >= 0.3 is 0 Å². The number of aryl methyl sites for hydroxylation is 1. The van der Waals surface area contributed by atoms with Crippen LogP contribution in [-0.4, -0.2) is 35.3 Å². The molecule has 5 heteroatoms. The molecule has 0 aliphatic carbocycles. The van der Waals surface area contributed by atoms with Gasteiger partial charge in [-0.3, -0.25) is 9.59 Å². The van der Waals surface area contributed by atoms with Crippen molar-refractivity contribution in [2.45, 2.75) is 31.8 Å². The first-order valence-electron chi connectivity index (χ1n) is 11.6. The van der Waals surface area contributed by atoms with E-state index >= 15 is 0 Å². The SMILES string of the molecule is Cc1cc2c(cc1Cl)C(=O)CC1(CCN(C(=O)/C(=C\c3ccccc3)c3ccccc3)CC1)O2. The van der Waals surface area contributed by atoms with E-state index in [-0.39, 0.29) is 11.7 Å². The lowest BCUT2D eigenvalue weighted by Gasteiger charge is -2.44. The molecule has 0 saturated carbocycles. The van der Waals surface area contributed by atoms with Gasteiger partial charge in [-0.2, -0.15) is 0 Å². The van der Waals surface area contributed by atoms with Gasteiger partial charge in [0.05, 0.1) is 12.0 Å². The van der Waals surface area contributed by atoms with Crippen LogP contribution in [0.2, 0.25) is 5.02 Å². The Morgan fingerprint density at radius 2 is 1.65 bits per heavy atom. The van der Waals surface area contributed by atoms with Crippen LogP contribution in [0.5, 0.6) is 5.75 Å². The molecule has 0 N–H and O–H groups in total. The van der Waals surface area contributed by atoms with Crippen LogP contribution in [0.25, 0.3) is 11.6 Å². The summed E-state index contributed by atoms with van der Waals surface area (Å²) >= 11 is 6.22. The van der Waals surface area contributed by atoms with E-state index in [0.29, 0.717) is 54.3 Å². The molecular formula is C29H26ClNO3. The van der Waals surface area contributed by atoms with Gasteiger partial charge < -0.3 is 9.64 Å². The maximum Gasteiger partial charge on any atom is 0.254 e. The van der Waals surface area contributed by atoms with Crippen LogP contribution in [-0.2, 0) is 4.79 Å². The molecule has 172 valence electrons. The molecule has 0 bridgehead atoms. The summed E-state index contributed by atoms with van der Waals surface area (Å²) in [5.74, 6) is 0.652. The fourth-order valence-electron chi connectivity index (χ4n) is 4.78. The van der Waals surface area contributed by atoms with Crippen LogP contribution in [0.4, 0.5) is 0 Å². The highest BCUT2D eigenvalue weighted by Gasteiger charge is 2.44. The summed E-state index contributed by atoms with van der Waals surface area (Å²) in [6, 6.07) is 23.2. The lowest BCUT2D eigenvalue weighted by molar-refractivity contribution is -0.128. The molecule has 4 nitrogen and oxygen atoms in total. The Bertz CT molecular complexity index is 1260. The van der Waals surface area contributed by atoms with Gasteiger partial charge in [0.15, 0.2) is 5.78 Å². The molecule has 3 aromatic carbocycles. The summed E-state index contributed by atoms with van der Waals surface area (Å²) in [6.45, 7) is 2.98. The van der Waals surface area contributed by atoms with E-state index in [0.717, 1.165) is 16.7 Å². The van der Waals surface area contributed by atoms with Gasteiger partial charge in [-0.1, -0.05) is 72.3 Å². The number of ether oxygens (including phenoxy) is 1. The lowest BCUT2D eigenvalue weighted by atomic mass is 9.82. The predicted octanol–water partition coefficient (Wildman–Crippen LogP) is 6.22.